The quantitative estimate of drug-likeness (QED) is 0.161. The highest BCUT2D eigenvalue weighted by Crippen LogP contribution is 2.48. The lowest BCUT2D eigenvalue weighted by atomic mass is 9.34. The fourth-order valence-corrected chi connectivity index (χ4v) is 9.01. The Morgan fingerprint density at radius 3 is 1.61 bits per heavy atom. The highest BCUT2D eigenvalue weighted by Gasteiger charge is 2.43. The molecule has 0 saturated heterocycles. The predicted molar refractivity (Wildman–Crippen MR) is 228 cm³/mol. The summed E-state index contributed by atoms with van der Waals surface area (Å²) < 4.78 is 2.59. The lowest BCUT2D eigenvalue weighted by molar-refractivity contribution is 1.13. The molecule has 0 bridgehead atoms. The molecule has 0 N–H and O–H groups in total. The van der Waals surface area contributed by atoms with Gasteiger partial charge >= 0.3 is 0 Å². The minimum Gasteiger partial charge on any atom is -0.311 e. The lowest BCUT2D eigenvalue weighted by Crippen LogP contribution is -2.60. The van der Waals surface area contributed by atoms with Crippen molar-refractivity contribution in [1.29, 1.82) is 0 Å². The van der Waals surface area contributed by atoms with Crippen LogP contribution in [0.5, 0.6) is 0 Å². The number of nitrogens with zero attached hydrogens (tertiary/aromatic N) is 3. The highest BCUT2D eigenvalue weighted by molar-refractivity contribution is 7.00. The van der Waals surface area contributed by atoms with Gasteiger partial charge in [-0.15, -0.1) is 0 Å². The molecule has 2 aliphatic rings. The highest BCUT2D eigenvalue weighted by atomic mass is 15.2. The van der Waals surface area contributed by atoms with E-state index in [2.05, 4.69) is 221 Å². The molecular weight excluding hydrogens is 653 g/mol. The first-order valence-corrected chi connectivity index (χ1v) is 18.7. The molecule has 0 aliphatic carbocycles. The summed E-state index contributed by atoms with van der Waals surface area (Å²) in [6, 6.07) is 75.1. The average Bonchev–Trinajstić information content (AvgIpc) is 3.60. The van der Waals surface area contributed by atoms with Crippen LogP contribution in [0.3, 0.4) is 0 Å². The number of hydrogen-bond donors (Lipinski definition) is 0. The SMILES string of the molecule is c1ccc(-c2c(-c3ccccc3)n3c4c(cccc24)B2c4ccccc4N(c4ccccc4)c4cc(N(c5ccccc5)c5ccccc5)cc-3c42)cc1. The van der Waals surface area contributed by atoms with Gasteiger partial charge in [0.1, 0.15) is 0 Å². The fraction of sp³-hybridized carbons (Fsp3) is 0. The third-order valence-corrected chi connectivity index (χ3v) is 11.1. The zero-order chi connectivity index (χ0) is 35.6. The zero-order valence-electron chi connectivity index (χ0n) is 29.5. The molecule has 0 unspecified atom stereocenters. The molecule has 0 amide bonds. The largest absolute Gasteiger partial charge is 0.311 e. The van der Waals surface area contributed by atoms with E-state index in [9.17, 15) is 0 Å². The van der Waals surface area contributed by atoms with Crippen LogP contribution in [0.25, 0.3) is 39.0 Å². The van der Waals surface area contributed by atoms with Gasteiger partial charge in [-0.25, -0.2) is 0 Å². The maximum absolute atomic E-state index is 2.59. The molecular formula is C50H34BN3. The van der Waals surface area contributed by atoms with Crippen molar-refractivity contribution < 1.29 is 0 Å². The molecule has 54 heavy (non-hydrogen) atoms. The van der Waals surface area contributed by atoms with Gasteiger partial charge in [0.25, 0.3) is 6.71 Å². The van der Waals surface area contributed by atoms with E-state index in [1.54, 1.807) is 0 Å². The molecule has 0 saturated carbocycles. The summed E-state index contributed by atoms with van der Waals surface area (Å²) in [4.78, 5) is 4.88. The van der Waals surface area contributed by atoms with Crippen LogP contribution in [0, 0.1) is 0 Å². The molecule has 8 aromatic carbocycles. The summed E-state index contributed by atoms with van der Waals surface area (Å²) in [5, 5.41) is 1.26. The van der Waals surface area contributed by atoms with Crippen LogP contribution >= 0.6 is 0 Å². The molecule has 2 aliphatic heterocycles. The Kier molecular flexibility index (Phi) is 6.96. The number of benzene rings is 8. The number of fused-ring (bicyclic) bond motifs is 4. The standard InChI is InChI=1S/C50H34BN3/c1-6-19-35(20-7-1)47-41-29-18-31-43-50(41)54(49(47)36-21-8-2-9-22-36)46-34-40(52(37-23-10-3-11-24-37)38-25-12-4-13-26-38)33-45-48(46)51(43)42-30-16-17-32-44(42)53(45)39-27-14-5-15-28-39/h1-34H. The van der Waals surface area contributed by atoms with Crippen molar-refractivity contribution in [3.8, 4) is 28.1 Å². The third-order valence-electron chi connectivity index (χ3n) is 11.1. The Hall–Kier alpha value is -7.04. The topological polar surface area (TPSA) is 11.4 Å². The molecule has 11 rings (SSSR count). The molecule has 3 heterocycles. The Morgan fingerprint density at radius 2 is 0.944 bits per heavy atom. The van der Waals surface area contributed by atoms with Crippen LogP contribution in [0.1, 0.15) is 0 Å². The van der Waals surface area contributed by atoms with E-state index < -0.39 is 0 Å². The summed E-state index contributed by atoms with van der Waals surface area (Å²) in [5.74, 6) is 0. The van der Waals surface area contributed by atoms with E-state index in [0.717, 1.165) is 22.7 Å². The summed E-state index contributed by atoms with van der Waals surface area (Å²) in [6.07, 6.45) is 0. The fourth-order valence-electron chi connectivity index (χ4n) is 9.01. The number of aromatic nitrogens is 1. The van der Waals surface area contributed by atoms with Gasteiger partial charge in [-0.1, -0.05) is 152 Å². The van der Waals surface area contributed by atoms with Gasteiger partial charge in [-0.3, -0.25) is 0 Å². The molecule has 3 nitrogen and oxygen atoms in total. The Labute approximate surface area is 315 Å². The number of anilines is 6. The van der Waals surface area contributed by atoms with Gasteiger partial charge in [0.15, 0.2) is 0 Å². The predicted octanol–water partition coefficient (Wildman–Crippen LogP) is 11.0. The first kappa shape index (κ1) is 30.6. The maximum atomic E-state index is 2.59. The average molecular weight is 688 g/mol. The molecule has 0 atom stereocenters. The minimum atomic E-state index is 0.0421. The first-order chi connectivity index (χ1) is 26.8. The van der Waals surface area contributed by atoms with Gasteiger partial charge < -0.3 is 14.4 Å². The van der Waals surface area contributed by atoms with Gasteiger partial charge in [0, 0.05) is 50.6 Å². The zero-order valence-corrected chi connectivity index (χ0v) is 29.5. The summed E-state index contributed by atoms with van der Waals surface area (Å²) >= 11 is 0. The van der Waals surface area contributed by atoms with Crippen LogP contribution in [-0.4, -0.2) is 11.3 Å². The smallest absolute Gasteiger partial charge is 0.252 e. The second kappa shape index (κ2) is 12.3. The van der Waals surface area contributed by atoms with E-state index in [4.69, 9.17) is 0 Å². The Morgan fingerprint density at radius 1 is 0.407 bits per heavy atom. The van der Waals surface area contributed by atoms with Gasteiger partial charge in [-0.05, 0) is 82.1 Å². The van der Waals surface area contributed by atoms with Crippen LogP contribution in [0.2, 0.25) is 0 Å². The summed E-state index contributed by atoms with van der Waals surface area (Å²) in [5.41, 5.74) is 18.1. The molecule has 9 aromatic rings. The van der Waals surface area contributed by atoms with Crippen LogP contribution in [0.4, 0.5) is 34.1 Å². The number of hydrogen-bond acceptors (Lipinski definition) is 2. The second-order valence-electron chi connectivity index (χ2n) is 14.1. The first-order valence-electron chi connectivity index (χ1n) is 18.7. The third kappa shape index (κ3) is 4.57. The summed E-state index contributed by atoms with van der Waals surface area (Å²) in [7, 11) is 0. The normalized spacial score (nSPS) is 12.4. The second-order valence-corrected chi connectivity index (χ2v) is 14.1. The van der Waals surface area contributed by atoms with Gasteiger partial charge in [0.05, 0.1) is 11.4 Å². The van der Waals surface area contributed by atoms with E-state index in [-0.39, 0.29) is 6.71 Å². The van der Waals surface area contributed by atoms with Crippen molar-refractivity contribution in [2.24, 2.45) is 0 Å². The van der Waals surface area contributed by atoms with E-state index in [1.165, 1.54) is 66.7 Å². The van der Waals surface area contributed by atoms with Crippen LogP contribution in [0.15, 0.2) is 206 Å². The Balaban J connectivity index is 1.33. The molecule has 0 radical (unpaired) electrons. The van der Waals surface area contributed by atoms with Crippen molar-refractivity contribution in [2.45, 2.75) is 0 Å². The molecule has 252 valence electrons. The maximum Gasteiger partial charge on any atom is 0.252 e. The van der Waals surface area contributed by atoms with Gasteiger partial charge in [0.2, 0.25) is 0 Å². The summed E-state index contributed by atoms with van der Waals surface area (Å²) in [6.45, 7) is 0.0421. The molecule has 4 heteroatoms. The number of rotatable bonds is 6. The lowest BCUT2D eigenvalue weighted by Gasteiger charge is -2.41. The van der Waals surface area contributed by atoms with Crippen molar-refractivity contribution in [3.05, 3.63) is 206 Å². The van der Waals surface area contributed by atoms with E-state index in [1.807, 2.05) is 0 Å². The van der Waals surface area contributed by atoms with Gasteiger partial charge in [-0.2, -0.15) is 0 Å². The number of para-hydroxylation sites is 5. The van der Waals surface area contributed by atoms with Crippen LogP contribution < -0.4 is 26.2 Å². The van der Waals surface area contributed by atoms with Crippen molar-refractivity contribution in [2.75, 3.05) is 9.80 Å². The van der Waals surface area contributed by atoms with Crippen molar-refractivity contribution in [1.82, 2.24) is 4.57 Å². The van der Waals surface area contributed by atoms with E-state index >= 15 is 0 Å². The monoisotopic (exact) mass is 687 g/mol. The van der Waals surface area contributed by atoms with E-state index in [0.29, 0.717) is 0 Å². The molecule has 1 aromatic heterocycles. The van der Waals surface area contributed by atoms with Crippen molar-refractivity contribution in [3.63, 3.8) is 0 Å². The Bertz CT molecular complexity index is 2780. The minimum absolute atomic E-state index is 0.0421. The molecule has 0 spiro atoms. The van der Waals surface area contributed by atoms with Crippen LogP contribution in [-0.2, 0) is 0 Å². The molecule has 0 fully saturated rings. The van der Waals surface area contributed by atoms with Crippen molar-refractivity contribution >= 4 is 68.1 Å².